The molecule has 0 spiro atoms. The number of aliphatic hydroxyl groups excluding tert-OH is 1. The lowest BCUT2D eigenvalue weighted by atomic mass is 9.42. The molecule has 0 aromatic carbocycles. The Morgan fingerprint density at radius 2 is 1.63 bits per heavy atom. The Labute approximate surface area is 180 Å². The summed E-state index contributed by atoms with van der Waals surface area (Å²) in [6.07, 6.45) is 2.98. The van der Waals surface area contributed by atoms with Gasteiger partial charge in [0.15, 0.2) is 0 Å². The van der Waals surface area contributed by atoms with Gasteiger partial charge in [-0.1, -0.05) is 26.8 Å². The van der Waals surface area contributed by atoms with Crippen molar-refractivity contribution in [1.29, 1.82) is 0 Å². The van der Waals surface area contributed by atoms with Crippen LogP contribution in [0, 0.1) is 22.7 Å². The summed E-state index contributed by atoms with van der Waals surface area (Å²) < 4.78 is 18.1. The van der Waals surface area contributed by atoms with Crippen molar-refractivity contribution in [2.75, 3.05) is 0 Å². The van der Waals surface area contributed by atoms with E-state index in [0.29, 0.717) is 0 Å². The van der Waals surface area contributed by atoms with Gasteiger partial charge in [0.25, 0.3) is 0 Å². The summed E-state index contributed by atoms with van der Waals surface area (Å²) in [6.45, 7) is 17.0. The number of aliphatic hydroxyl groups is 1. The quantitative estimate of drug-likeness (QED) is 0.550. The maximum atomic E-state index is 12.1. The predicted molar refractivity (Wildman–Crippen MR) is 113 cm³/mol. The fourth-order valence-corrected chi connectivity index (χ4v) is 7.19. The largest absolute Gasteiger partial charge is 0.462 e. The highest BCUT2D eigenvalue weighted by atomic mass is 16.6. The fourth-order valence-electron chi connectivity index (χ4n) is 7.19. The molecule has 3 aliphatic rings. The minimum Gasteiger partial charge on any atom is -0.462 e. The van der Waals surface area contributed by atoms with Crippen molar-refractivity contribution >= 4 is 11.9 Å². The van der Waals surface area contributed by atoms with Gasteiger partial charge in [-0.25, -0.2) is 0 Å². The molecule has 1 heterocycles. The van der Waals surface area contributed by atoms with Crippen molar-refractivity contribution in [2.45, 2.75) is 104 Å². The van der Waals surface area contributed by atoms with Crippen molar-refractivity contribution in [1.82, 2.24) is 0 Å². The van der Waals surface area contributed by atoms with Gasteiger partial charge in [0.2, 0.25) is 0 Å². The molecule has 6 heteroatoms. The van der Waals surface area contributed by atoms with Crippen LogP contribution in [0.25, 0.3) is 0 Å². The van der Waals surface area contributed by atoms with E-state index in [1.807, 2.05) is 13.8 Å². The van der Waals surface area contributed by atoms with Crippen LogP contribution < -0.4 is 0 Å². The van der Waals surface area contributed by atoms with Gasteiger partial charge >= 0.3 is 11.9 Å². The van der Waals surface area contributed by atoms with Gasteiger partial charge in [-0.3, -0.25) is 9.59 Å². The van der Waals surface area contributed by atoms with Crippen LogP contribution in [0.3, 0.4) is 0 Å². The lowest BCUT2D eigenvalue weighted by Gasteiger charge is -2.68. The Hall–Kier alpha value is -1.40. The normalized spacial score (nSPS) is 47.4. The van der Waals surface area contributed by atoms with Crippen LogP contribution in [0.5, 0.6) is 0 Å². The van der Waals surface area contributed by atoms with E-state index in [9.17, 15) is 14.7 Å². The summed E-state index contributed by atoms with van der Waals surface area (Å²) in [5.41, 5.74) is -2.16. The average Bonchev–Trinajstić information content (AvgIpc) is 2.61. The second-order valence-corrected chi connectivity index (χ2v) is 10.9. The molecular formula is C24H38O6. The molecule has 2 aliphatic carbocycles. The zero-order valence-corrected chi connectivity index (χ0v) is 19.5. The summed E-state index contributed by atoms with van der Waals surface area (Å²) >= 11 is 0. The third-order valence-electron chi connectivity index (χ3n) is 8.43. The highest BCUT2D eigenvalue weighted by Crippen LogP contribution is 2.66. The minimum atomic E-state index is -1.00. The van der Waals surface area contributed by atoms with Gasteiger partial charge < -0.3 is 19.3 Å². The van der Waals surface area contributed by atoms with E-state index in [1.54, 1.807) is 6.08 Å². The summed E-state index contributed by atoms with van der Waals surface area (Å²) in [7, 11) is 0. The van der Waals surface area contributed by atoms with Crippen LogP contribution in [0.4, 0.5) is 0 Å². The number of hydrogen-bond donors (Lipinski definition) is 1. The molecule has 8 atom stereocenters. The lowest BCUT2D eigenvalue weighted by molar-refractivity contribution is -0.327. The second-order valence-electron chi connectivity index (χ2n) is 10.9. The Bertz CT molecular complexity index is 731. The fraction of sp³-hybridized carbons (Fsp3) is 0.833. The molecule has 30 heavy (non-hydrogen) atoms. The van der Waals surface area contributed by atoms with Gasteiger partial charge in [-0.15, -0.1) is 6.58 Å². The number of carbonyl (C=O) groups is 2. The highest BCUT2D eigenvalue weighted by Gasteiger charge is 2.70. The van der Waals surface area contributed by atoms with Crippen LogP contribution in [0.2, 0.25) is 0 Å². The van der Waals surface area contributed by atoms with E-state index >= 15 is 0 Å². The molecule has 170 valence electrons. The van der Waals surface area contributed by atoms with Crippen molar-refractivity contribution < 1.29 is 28.9 Å². The molecule has 1 aliphatic heterocycles. The van der Waals surface area contributed by atoms with Crippen molar-refractivity contribution in [2.24, 2.45) is 22.7 Å². The molecule has 0 amide bonds. The molecule has 0 aromatic rings. The van der Waals surface area contributed by atoms with Gasteiger partial charge in [0, 0.05) is 25.2 Å². The van der Waals surface area contributed by atoms with Crippen molar-refractivity contribution in [3.63, 3.8) is 0 Å². The SMILES string of the molecule is C=C[C@@]1(C)CC[C@@H]2[C@@]3(C)CC[C@H](OC(C)=O)C(C)(C)[C@@H]3[C@@H](OC(C)=O)[C@H](O)[C@@]2(C)O1. The molecule has 3 fully saturated rings. The number of fused-ring (bicyclic) bond motifs is 3. The smallest absolute Gasteiger partial charge is 0.303 e. The molecule has 3 rings (SSSR count). The number of hydrogen-bond acceptors (Lipinski definition) is 6. The minimum absolute atomic E-state index is 0.0717. The molecule has 1 saturated heterocycles. The lowest BCUT2D eigenvalue weighted by Crippen LogP contribution is -2.74. The zero-order valence-electron chi connectivity index (χ0n) is 19.5. The summed E-state index contributed by atoms with van der Waals surface area (Å²) in [5.74, 6) is -0.861. The Morgan fingerprint density at radius 3 is 2.17 bits per heavy atom. The summed E-state index contributed by atoms with van der Waals surface area (Å²) in [4.78, 5) is 23.8. The third kappa shape index (κ3) is 3.40. The topological polar surface area (TPSA) is 82.1 Å². The van der Waals surface area contributed by atoms with Crippen LogP contribution in [0.15, 0.2) is 12.7 Å². The van der Waals surface area contributed by atoms with Crippen LogP contribution in [-0.2, 0) is 23.8 Å². The number of carbonyl (C=O) groups excluding carboxylic acids is 2. The van der Waals surface area contributed by atoms with Gasteiger partial charge in [-0.05, 0) is 50.9 Å². The number of rotatable bonds is 3. The first-order valence-corrected chi connectivity index (χ1v) is 11.1. The van der Waals surface area contributed by atoms with E-state index < -0.39 is 34.8 Å². The molecular weight excluding hydrogens is 384 g/mol. The van der Waals surface area contributed by atoms with Crippen LogP contribution in [0.1, 0.15) is 74.1 Å². The first kappa shape index (κ1) is 23.3. The standard InChI is InChI=1S/C24H38O6/c1-9-22(6)12-10-16-23(7)13-11-17(28-14(2)25)21(4,5)19(23)18(29-15(3)26)20(27)24(16,8)30-22/h9,16-20,27H,1,10-13H2,2-8H3/t16-,17+,18-,19+,20+,22+,23-,24+/m1/s1. The first-order chi connectivity index (χ1) is 13.7. The summed E-state index contributed by atoms with van der Waals surface area (Å²) in [6, 6.07) is 0. The predicted octanol–water partition coefficient (Wildman–Crippen LogP) is 3.80. The number of esters is 2. The maximum absolute atomic E-state index is 12.1. The molecule has 0 aromatic heterocycles. The average molecular weight is 423 g/mol. The van der Waals surface area contributed by atoms with Crippen LogP contribution in [-0.4, -0.2) is 46.6 Å². The molecule has 0 radical (unpaired) electrons. The monoisotopic (exact) mass is 422 g/mol. The maximum Gasteiger partial charge on any atom is 0.303 e. The molecule has 2 saturated carbocycles. The van der Waals surface area contributed by atoms with Crippen LogP contribution >= 0.6 is 0 Å². The third-order valence-corrected chi connectivity index (χ3v) is 8.43. The molecule has 0 bridgehead atoms. The van der Waals surface area contributed by atoms with E-state index in [0.717, 1.165) is 25.7 Å². The zero-order chi connectivity index (χ0) is 22.7. The number of ether oxygens (including phenoxy) is 3. The summed E-state index contributed by atoms with van der Waals surface area (Å²) in [5, 5.41) is 11.6. The Kier molecular flexibility index (Phi) is 5.69. The Balaban J connectivity index is 2.12. The van der Waals surface area contributed by atoms with E-state index in [-0.39, 0.29) is 29.3 Å². The van der Waals surface area contributed by atoms with Gasteiger partial charge in [0.1, 0.15) is 18.3 Å². The highest BCUT2D eigenvalue weighted by molar-refractivity contribution is 5.67. The van der Waals surface area contributed by atoms with Crippen molar-refractivity contribution in [3.8, 4) is 0 Å². The van der Waals surface area contributed by atoms with Crippen molar-refractivity contribution in [3.05, 3.63) is 12.7 Å². The van der Waals surface area contributed by atoms with E-state index in [1.165, 1.54) is 13.8 Å². The Morgan fingerprint density at radius 1 is 1.03 bits per heavy atom. The molecule has 6 nitrogen and oxygen atoms in total. The van der Waals surface area contributed by atoms with E-state index in [2.05, 4.69) is 27.4 Å². The molecule has 1 N–H and O–H groups in total. The second kappa shape index (κ2) is 7.33. The van der Waals surface area contributed by atoms with Gasteiger partial charge in [-0.2, -0.15) is 0 Å². The molecule has 0 unspecified atom stereocenters. The van der Waals surface area contributed by atoms with Gasteiger partial charge in [0.05, 0.1) is 11.2 Å². The van der Waals surface area contributed by atoms with E-state index in [4.69, 9.17) is 14.2 Å². The first-order valence-electron chi connectivity index (χ1n) is 11.1.